The van der Waals surface area contributed by atoms with Crippen LogP contribution in [0.2, 0.25) is 0 Å². The van der Waals surface area contributed by atoms with E-state index in [2.05, 4.69) is 10.1 Å². The smallest absolute Gasteiger partial charge is 0.311 e. The molecular weight excluding hydrogens is 362 g/mol. The summed E-state index contributed by atoms with van der Waals surface area (Å²) in [6.07, 6.45) is 2.04. The molecule has 0 amide bonds. The molecule has 0 bridgehead atoms. The van der Waals surface area contributed by atoms with E-state index in [1.54, 1.807) is 38.3 Å². The standard InChI is InChI=1S/C20H25N3O5/c1-13(21-12-16-5-4-10-28-16)19-17(11-18(24)27-3)22-23(20(19)25)14-6-8-15(26-2)9-7-14/h6-9,16,22H,4-5,10-12H2,1-3H3/t16-/m1/s1. The number of nitrogens with one attached hydrogen (secondary N) is 1. The van der Waals surface area contributed by atoms with Crippen LogP contribution in [0.1, 0.15) is 31.0 Å². The molecule has 0 saturated carbocycles. The molecule has 0 unspecified atom stereocenters. The summed E-state index contributed by atoms with van der Waals surface area (Å²) in [5.41, 5.74) is 1.80. The van der Waals surface area contributed by atoms with Crippen molar-refractivity contribution in [2.45, 2.75) is 32.3 Å². The quantitative estimate of drug-likeness (QED) is 0.578. The number of aliphatic imine (C=N–C) groups is 1. The van der Waals surface area contributed by atoms with Crippen molar-refractivity contribution < 1.29 is 19.0 Å². The summed E-state index contributed by atoms with van der Waals surface area (Å²) in [4.78, 5) is 29.5. The topological polar surface area (TPSA) is 94.9 Å². The summed E-state index contributed by atoms with van der Waals surface area (Å²) in [6, 6.07) is 7.06. The lowest BCUT2D eigenvalue weighted by Gasteiger charge is -2.06. The van der Waals surface area contributed by atoms with Crippen LogP contribution in [0.3, 0.4) is 0 Å². The number of aromatic amines is 1. The number of hydrogen-bond acceptors (Lipinski definition) is 6. The summed E-state index contributed by atoms with van der Waals surface area (Å²) in [6.45, 7) is 3.02. The van der Waals surface area contributed by atoms with E-state index in [1.165, 1.54) is 11.8 Å². The van der Waals surface area contributed by atoms with E-state index in [0.717, 1.165) is 19.4 Å². The molecule has 1 aliphatic rings. The third-order valence-corrected chi connectivity index (χ3v) is 4.76. The minimum Gasteiger partial charge on any atom is -0.497 e. The van der Waals surface area contributed by atoms with E-state index in [4.69, 9.17) is 14.2 Å². The molecule has 28 heavy (non-hydrogen) atoms. The average Bonchev–Trinajstić information content (AvgIpc) is 3.34. The first kappa shape index (κ1) is 19.9. The van der Waals surface area contributed by atoms with Crippen LogP contribution in [0.4, 0.5) is 0 Å². The molecule has 150 valence electrons. The van der Waals surface area contributed by atoms with Crippen molar-refractivity contribution in [2.24, 2.45) is 4.99 Å². The fourth-order valence-electron chi connectivity index (χ4n) is 3.22. The number of aromatic nitrogens is 2. The number of H-pyrrole nitrogens is 1. The zero-order valence-electron chi connectivity index (χ0n) is 16.4. The van der Waals surface area contributed by atoms with Crippen molar-refractivity contribution >= 4 is 11.7 Å². The predicted octanol–water partition coefficient (Wildman–Crippen LogP) is 1.88. The van der Waals surface area contributed by atoms with E-state index in [1.807, 2.05) is 0 Å². The highest BCUT2D eigenvalue weighted by Gasteiger charge is 2.21. The number of carbonyl (C=O) groups excluding carboxylic acids is 1. The van der Waals surface area contributed by atoms with Crippen LogP contribution in [0.15, 0.2) is 34.1 Å². The maximum absolute atomic E-state index is 13.1. The van der Waals surface area contributed by atoms with Crippen molar-refractivity contribution in [2.75, 3.05) is 27.4 Å². The number of methoxy groups -OCH3 is 2. The summed E-state index contributed by atoms with van der Waals surface area (Å²) in [7, 11) is 2.90. The summed E-state index contributed by atoms with van der Waals surface area (Å²) in [5.74, 6) is 0.254. The molecule has 1 aliphatic heterocycles. The van der Waals surface area contributed by atoms with Crippen molar-refractivity contribution in [3.63, 3.8) is 0 Å². The number of hydrogen-bond donors (Lipinski definition) is 1. The average molecular weight is 387 g/mol. The van der Waals surface area contributed by atoms with Gasteiger partial charge in [-0.3, -0.25) is 19.7 Å². The second-order valence-corrected chi connectivity index (χ2v) is 6.62. The first-order chi connectivity index (χ1) is 13.5. The Hall–Kier alpha value is -2.87. The van der Waals surface area contributed by atoms with Crippen LogP contribution in [0, 0.1) is 0 Å². The number of ether oxygens (including phenoxy) is 3. The van der Waals surface area contributed by atoms with Crippen LogP contribution in [-0.4, -0.2) is 54.9 Å². The van der Waals surface area contributed by atoms with E-state index in [9.17, 15) is 9.59 Å². The highest BCUT2D eigenvalue weighted by atomic mass is 16.5. The summed E-state index contributed by atoms with van der Waals surface area (Å²) < 4.78 is 16.9. The molecule has 2 heterocycles. The Morgan fingerprint density at radius 3 is 2.68 bits per heavy atom. The largest absolute Gasteiger partial charge is 0.497 e. The second kappa shape index (κ2) is 8.88. The van der Waals surface area contributed by atoms with Crippen LogP contribution >= 0.6 is 0 Å². The Balaban J connectivity index is 1.97. The zero-order valence-corrected chi connectivity index (χ0v) is 16.4. The van der Waals surface area contributed by atoms with Crippen LogP contribution in [0.5, 0.6) is 5.75 Å². The van der Waals surface area contributed by atoms with Crippen LogP contribution in [-0.2, 0) is 20.7 Å². The molecule has 0 spiro atoms. The van der Waals surface area contributed by atoms with E-state index < -0.39 is 5.97 Å². The van der Waals surface area contributed by atoms with Gasteiger partial charge in [-0.15, -0.1) is 0 Å². The van der Waals surface area contributed by atoms with Gasteiger partial charge in [0.1, 0.15) is 5.75 Å². The molecule has 0 aliphatic carbocycles. The molecular formula is C20H25N3O5. The Morgan fingerprint density at radius 1 is 1.32 bits per heavy atom. The lowest BCUT2D eigenvalue weighted by Crippen LogP contribution is -2.21. The number of nitrogens with zero attached hydrogens (tertiary/aromatic N) is 2. The van der Waals surface area contributed by atoms with Gasteiger partial charge in [0.2, 0.25) is 0 Å². The minimum absolute atomic E-state index is 0.0446. The lowest BCUT2D eigenvalue weighted by atomic mass is 10.1. The number of carbonyl (C=O) groups is 1. The van der Waals surface area contributed by atoms with Gasteiger partial charge in [0.15, 0.2) is 0 Å². The monoisotopic (exact) mass is 387 g/mol. The van der Waals surface area contributed by atoms with Crippen molar-refractivity contribution in [1.29, 1.82) is 0 Å². The first-order valence-corrected chi connectivity index (χ1v) is 9.21. The third-order valence-electron chi connectivity index (χ3n) is 4.76. The van der Waals surface area contributed by atoms with Gasteiger partial charge in [-0.05, 0) is 44.0 Å². The molecule has 8 heteroatoms. The molecule has 1 saturated heterocycles. The van der Waals surface area contributed by atoms with Gasteiger partial charge in [-0.25, -0.2) is 4.68 Å². The highest BCUT2D eigenvalue weighted by Crippen LogP contribution is 2.16. The molecule has 1 N–H and O–H groups in total. The highest BCUT2D eigenvalue weighted by molar-refractivity contribution is 6.00. The maximum Gasteiger partial charge on any atom is 0.311 e. The third kappa shape index (κ3) is 4.33. The van der Waals surface area contributed by atoms with Gasteiger partial charge in [0, 0.05) is 12.3 Å². The SMILES string of the molecule is COC(=O)Cc1[nH]n(-c2ccc(OC)cc2)c(=O)c1C(C)=NC[C@H]1CCCO1. The Labute approximate surface area is 163 Å². The van der Waals surface area contributed by atoms with Gasteiger partial charge in [0.05, 0.1) is 50.2 Å². The van der Waals surface area contributed by atoms with Crippen molar-refractivity contribution in [3.05, 3.63) is 45.9 Å². The van der Waals surface area contributed by atoms with Gasteiger partial charge < -0.3 is 14.2 Å². The normalized spacial score (nSPS) is 17.0. The predicted molar refractivity (Wildman–Crippen MR) is 105 cm³/mol. The van der Waals surface area contributed by atoms with Gasteiger partial charge in [0.25, 0.3) is 5.56 Å². The minimum atomic E-state index is -0.434. The number of rotatable bonds is 7. The zero-order chi connectivity index (χ0) is 20.1. The van der Waals surface area contributed by atoms with Crippen LogP contribution < -0.4 is 10.3 Å². The Morgan fingerprint density at radius 2 is 2.07 bits per heavy atom. The summed E-state index contributed by atoms with van der Waals surface area (Å²) >= 11 is 0. The molecule has 1 fully saturated rings. The first-order valence-electron chi connectivity index (χ1n) is 9.21. The maximum atomic E-state index is 13.1. The van der Waals surface area contributed by atoms with Crippen molar-refractivity contribution in [3.8, 4) is 11.4 Å². The molecule has 0 radical (unpaired) electrons. The summed E-state index contributed by atoms with van der Waals surface area (Å²) in [5, 5.41) is 3.03. The molecule has 1 aromatic heterocycles. The van der Waals surface area contributed by atoms with Gasteiger partial charge in [-0.1, -0.05) is 0 Å². The lowest BCUT2D eigenvalue weighted by molar-refractivity contribution is -0.139. The van der Waals surface area contributed by atoms with Gasteiger partial charge in [-0.2, -0.15) is 0 Å². The fourth-order valence-corrected chi connectivity index (χ4v) is 3.22. The Bertz CT molecular complexity index is 905. The molecule has 1 atom stereocenters. The van der Waals surface area contributed by atoms with Crippen molar-refractivity contribution in [1.82, 2.24) is 9.78 Å². The van der Waals surface area contributed by atoms with E-state index in [-0.39, 0.29) is 18.1 Å². The molecule has 1 aromatic carbocycles. The second-order valence-electron chi connectivity index (χ2n) is 6.62. The Kier molecular flexibility index (Phi) is 6.30. The molecule has 8 nitrogen and oxygen atoms in total. The van der Waals surface area contributed by atoms with E-state index in [0.29, 0.717) is 35.0 Å². The van der Waals surface area contributed by atoms with Crippen LogP contribution in [0.25, 0.3) is 5.69 Å². The fraction of sp³-hybridized carbons (Fsp3) is 0.450. The van der Waals surface area contributed by atoms with Gasteiger partial charge >= 0.3 is 5.97 Å². The molecule has 2 aromatic rings. The van der Waals surface area contributed by atoms with E-state index >= 15 is 0 Å². The molecule has 3 rings (SSSR count). The number of benzene rings is 1. The number of esters is 1.